The van der Waals surface area contributed by atoms with Gasteiger partial charge in [0.05, 0.1) is 6.61 Å². The SMILES string of the molecule is CC(C)n1c(/C=C/CO)c(-c2ccc(F)cc2)c2ccccc21. The quantitative estimate of drug-likeness (QED) is 0.718. The summed E-state index contributed by atoms with van der Waals surface area (Å²) in [5.74, 6) is -0.242. The molecule has 0 saturated carbocycles. The van der Waals surface area contributed by atoms with Gasteiger partial charge in [-0.05, 0) is 43.7 Å². The second-order valence-electron chi connectivity index (χ2n) is 5.83. The standard InChI is InChI=1S/C20H20FNO/c1-14(2)22-18-7-4-3-6-17(18)20(19(22)8-5-13-23)15-9-11-16(21)12-10-15/h3-12,14,23H,13H2,1-2H3/b8-5+. The average Bonchev–Trinajstić information content (AvgIpc) is 2.88. The van der Waals surface area contributed by atoms with E-state index in [1.807, 2.05) is 18.2 Å². The van der Waals surface area contributed by atoms with E-state index in [1.165, 1.54) is 12.1 Å². The van der Waals surface area contributed by atoms with E-state index in [2.05, 4.69) is 30.5 Å². The number of para-hydroxylation sites is 1. The number of aromatic nitrogens is 1. The fourth-order valence-corrected chi connectivity index (χ4v) is 3.09. The third-order valence-corrected chi connectivity index (χ3v) is 3.98. The van der Waals surface area contributed by atoms with Crippen molar-refractivity contribution in [1.29, 1.82) is 0 Å². The summed E-state index contributed by atoms with van der Waals surface area (Å²) in [5, 5.41) is 10.3. The molecule has 3 rings (SSSR count). The van der Waals surface area contributed by atoms with E-state index in [0.717, 1.165) is 27.7 Å². The first-order valence-corrected chi connectivity index (χ1v) is 7.79. The lowest BCUT2D eigenvalue weighted by Gasteiger charge is -2.13. The molecular weight excluding hydrogens is 289 g/mol. The lowest BCUT2D eigenvalue weighted by Crippen LogP contribution is -2.03. The average molecular weight is 309 g/mol. The van der Waals surface area contributed by atoms with E-state index in [4.69, 9.17) is 0 Å². The van der Waals surface area contributed by atoms with Crippen LogP contribution < -0.4 is 0 Å². The topological polar surface area (TPSA) is 25.2 Å². The molecule has 0 radical (unpaired) electrons. The summed E-state index contributed by atoms with van der Waals surface area (Å²) in [5.41, 5.74) is 4.21. The molecule has 0 amide bonds. The number of aliphatic hydroxyl groups is 1. The molecule has 118 valence electrons. The van der Waals surface area contributed by atoms with Crippen LogP contribution in [0.25, 0.3) is 28.1 Å². The number of aliphatic hydroxyl groups excluding tert-OH is 1. The third-order valence-electron chi connectivity index (χ3n) is 3.98. The van der Waals surface area contributed by atoms with Gasteiger partial charge in [-0.25, -0.2) is 4.39 Å². The molecule has 3 heteroatoms. The molecule has 0 aliphatic heterocycles. The van der Waals surface area contributed by atoms with Gasteiger partial charge in [0.25, 0.3) is 0 Å². The van der Waals surface area contributed by atoms with Gasteiger partial charge in [0.1, 0.15) is 5.82 Å². The van der Waals surface area contributed by atoms with Gasteiger partial charge in [0.2, 0.25) is 0 Å². The Morgan fingerprint density at radius 3 is 2.43 bits per heavy atom. The van der Waals surface area contributed by atoms with Crippen molar-refractivity contribution in [2.75, 3.05) is 6.61 Å². The van der Waals surface area contributed by atoms with Crippen molar-refractivity contribution in [3.63, 3.8) is 0 Å². The van der Waals surface area contributed by atoms with Crippen molar-refractivity contribution in [1.82, 2.24) is 4.57 Å². The van der Waals surface area contributed by atoms with Gasteiger partial charge in [-0.3, -0.25) is 0 Å². The summed E-state index contributed by atoms with van der Waals surface area (Å²) < 4.78 is 15.6. The molecule has 0 aliphatic rings. The van der Waals surface area contributed by atoms with Crippen LogP contribution in [0.5, 0.6) is 0 Å². The number of rotatable bonds is 4. The van der Waals surface area contributed by atoms with Gasteiger partial charge < -0.3 is 9.67 Å². The van der Waals surface area contributed by atoms with Crippen molar-refractivity contribution in [3.8, 4) is 11.1 Å². The van der Waals surface area contributed by atoms with Gasteiger partial charge in [0, 0.05) is 28.2 Å². The van der Waals surface area contributed by atoms with Gasteiger partial charge in [-0.2, -0.15) is 0 Å². The highest BCUT2D eigenvalue weighted by Crippen LogP contribution is 2.37. The summed E-state index contributed by atoms with van der Waals surface area (Å²) in [7, 11) is 0. The van der Waals surface area contributed by atoms with Crippen molar-refractivity contribution in [2.45, 2.75) is 19.9 Å². The molecule has 23 heavy (non-hydrogen) atoms. The van der Waals surface area contributed by atoms with Gasteiger partial charge >= 0.3 is 0 Å². The van der Waals surface area contributed by atoms with E-state index in [0.29, 0.717) is 0 Å². The van der Waals surface area contributed by atoms with Gasteiger partial charge in [-0.1, -0.05) is 36.4 Å². The molecule has 3 aromatic rings. The number of benzene rings is 2. The molecule has 0 spiro atoms. The second kappa shape index (κ2) is 6.39. The molecule has 0 atom stereocenters. The van der Waals surface area contributed by atoms with E-state index in [-0.39, 0.29) is 18.5 Å². The van der Waals surface area contributed by atoms with E-state index in [9.17, 15) is 9.50 Å². The first kappa shape index (κ1) is 15.5. The lowest BCUT2D eigenvalue weighted by molar-refractivity contribution is 0.343. The Morgan fingerprint density at radius 1 is 1.09 bits per heavy atom. The summed E-state index contributed by atoms with van der Waals surface area (Å²) in [6.45, 7) is 4.26. The summed E-state index contributed by atoms with van der Waals surface area (Å²) in [4.78, 5) is 0. The first-order valence-electron chi connectivity index (χ1n) is 7.79. The summed E-state index contributed by atoms with van der Waals surface area (Å²) >= 11 is 0. The Morgan fingerprint density at radius 2 is 1.78 bits per heavy atom. The van der Waals surface area contributed by atoms with Crippen LogP contribution in [0.1, 0.15) is 25.6 Å². The Kier molecular flexibility index (Phi) is 4.30. The maximum Gasteiger partial charge on any atom is 0.123 e. The first-order chi connectivity index (χ1) is 11.1. The molecule has 1 heterocycles. The zero-order chi connectivity index (χ0) is 16.4. The van der Waals surface area contributed by atoms with Crippen molar-refractivity contribution >= 4 is 17.0 Å². The van der Waals surface area contributed by atoms with Crippen LogP contribution in [-0.4, -0.2) is 16.3 Å². The van der Waals surface area contributed by atoms with Crippen LogP contribution >= 0.6 is 0 Å². The zero-order valence-corrected chi connectivity index (χ0v) is 13.3. The van der Waals surface area contributed by atoms with Gasteiger partial charge in [-0.15, -0.1) is 0 Å². The monoisotopic (exact) mass is 309 g/mol. The van der Waals surface area contributed by atoms with Crippen LogP contribution in [-0.2, 0) is 0 Å². The minimum atomic E-state index is -0.242. The maximum atomic E-state index is 13.3. The minimum absolute atomic E-state index is 0.0114. The van der Waals surface area contributed by atoms with Crippen molar-refractivity contribution in [2.24, 2.45) is 0 Å². The highest BCUT2D eigenvalue weighted by atomic mass is 19.1. The normalized spacial score (nSPS) is 11.9. The second-order valence-corrected chi connectivity index (χ2v) is 5.83. The van der Waals surface area contributed by atoms with Crippen molar-refractivity contribution in [3.05, 3.63) is 66.1 Å². The van der Waals surface area contributed by atoms with Crippen LogP contribution in [0, 0.1) is 5.82 Å². The molecular formula is C20H20FNO. The van der Waals surface area contributed by atoms with Crippen LogP contribution in [0.15, 0.2) is 54.6 Å². The predicted octanol–water partition coefficient (Wildman–Crippen LogP) is 5.03. The van der Waals surface area contributed by atoms with E-state index >= 15 is 0 Å². The number of fused-ring (bicyclic) bond motifs is 1. The number of nitrogens with zero attached hydrogens (tertiary/aromatic N) is 1. The summed E-state index contributed by atoms with van der Waals surface area (Å²) in [6.07, 6.45) is 3.68. The Bertz CT molecular complexity index is 844. The third kappa shape index (κ3) is 2.80. The number of halogens is 1. The smallest absolute Gasteiger partial charge is 0.123 e. The molecule has 0 bridgehead atoms. The largest absolute Gasteiger partial charge is 0.392 e. The highest BCUT2D eigenvalue weighted by Gasteiger charge is 2.18. The van der Waals surface area contributed by atoms with Crippen LogP contribution in [0.4, 0.5) is 4.39 Å². The number of hydrogen-bond acceptors (Lipinski definition) is 1. The Balaban J connectivity index is 2.38. The summed E-state index contributed by atoms with van der Waals surface area (Å²) in [6, 6.07) is 15.1. The number of hydrogen-bond donors (Lipinski definition) is 1. The minimum Gasteiger partial charge on any atom is -0.392 e. The molecule has 1 N–H and O–H groups in total. The molecule has 1 aromatic heterocycles. The maximum absolute atomic E-state index is 13.3. The van der Waals surface area contributed by atoms with Crippen LogP contribution in [0.3, 0.4) is 0 Å². The molecule has 0 saturated heterocycles. The Hall–Kier alpha value is -2.39. The van der Waals surface area contributed by atoms with Crippen molar-refractivity contribution < 1.29 is 9.50 Å². The lowest BCUT2D eigenvalue weighted by atomic mass is 10.0. The molecule has 0 unspecified atom stereocenters. The molecule has 0 aliphatic carbocycles. The Labute approximate surface area is 135 Å². The molecule has 2 nitrogen and oxygen atoms in total. The fraction of sp³-hybridized carbons (Fsp3) is 0.200. The van der Waals surface area contributed by atoms with Crippen LogP contribution in [0.2, 0.25) is 0 Å². The van der Waals surface area contributed by atoms with E-state index in [1.54, 1.807) is 18.2 Å². The molecule has 0 fully saturated rings. The molecule has 2 aromatic carbocycles. The fourth-order valence-electron chi connectivity index (χ4n) is 3.09. The zero-order valence-electron chi connectivity index (χ0n) is 13.3. The van der Waals surface area contributed by atoms with Gasteiger partial charge in [0.15, 0.2) is 0 Å². The predicted molar refractivity (Wildman–Crippen MR) is 93.8 cm³/mol. The van der Waals surface area contributed by atoms with E-state index < -0.39 is 0 Å². The highest BCUT2D eigenvalue weighted by molar-refractivity contribution is 6.00.